The van der Waals surface area contributed by atoms with E-state index in [1.165, 1.54) is 0 Å². The molecule has 0 spiro atoms. The van der Waals surface area contributed by atoms with Gasteiger partial charge in [0.05, 0.1) is 11.4 Å². The Bertz CT molecular complexity index is 570. The number of aliphatic imine (C=N–C) groups is 1. The molecule has 0 fully saturated rings. The third-order valence-electron chi connectivity index (χ3n) is 2.74. The minimum absolute atomic E-state index is 0.232. The minimum atomic E-state index is 0.232. The van der Waals surface area contributed by atoms with Crippen molar-refractivity contribution in [2.45, 2.75) is 13.8 Å². The van der Waals surface area contributed by atoms with Crippen LogP contribution in [0.2, 0.25) is 0 Å². The molecule has 0 bridgehead atoms. The highest BCUT2D eigenvalue weighted by Gasteiger charge is 2.07. The molecule has 2 rings (SSSR count). The standard InChI is InChI=1S/C13H15N3O/c1-9-13(10(2)16(3)15-9)14-8-11-6-4-5-7-12(11)17/h4-8,17H,1-3H3. The van der Waals surface area contributed by atoms with E-state index in [1.54, 1.807) is 23.0 Å². The zero-order chi connectivity index (χ0) is 12.4. The van der Waals surface area contributed by atoms with E-state index in [0.717, 1.165) is 17.1 Å². The predicted molar refractivity (Wildman–Crippen MR) is 68.0 cm³/mol. The lowest BCUT2D eigenvalue weighted by Gasteiger charge is -1.97. The molecule has 0 amide bonds. The number of hydrogen-bond donors (Lipinski definition) is 1. The van der Waals surface area contributed by atoms with E-state index in [0.29, 0.717) is 5.56 Å². The van der Waals surface area contributed by atoms with Gasteiger partial charge in [0, 0.05) is 18.8 Å². The number of aryl methyl sites for hydroxylation is 2. The second-order valence-corrected chi connectivity index (χ2v) is 3.96. The molecule has 0 aliphatic rings. The van der Waals surface area contributed by atoms with E-state index in [-0.39, 0.29) is 5.75 Å². The van der Waals surface area contributed by atoms with Crippen molar-refractivity contribution in [3.8, 4) is 5.75 Å². The second kappa shape index (κ2) is 4.41. The number of phenolic OH excluding ortho intramolecular Hbond substituents is 1. The Morgan fingerprint density at radius 3 is 2.59 bits per heavy atom. The van der Waals surface area contributed by atoms with Crippen LogP contribution in [0.3, 0.4) is 0 Å². The highest BCUT2D eigenvalue weighted by Crippen LogP contribution is 2.22. The van der Waals surface area contributed by atoms with Gasteiger partial charge < -0.3 is 5.11 Å². The van der Waals surface area contributed by atoms with Crippen molar-refractivity contribution in [2.75, 3.05) is 0 Å². The molecule has 0 saturated heterocycles. The maximum absolute atomic E-state index is 9.62. The molecule has 2 aromatic rings. The Kier molecular flexibility index (Phi) is 2.95. The Morgan fingerprint density at radius 1 is 1.29 bits per heavy atom. The molecule has 1 aromatic heterocycles. The van der Waals surface area contributed by atoms with E-state index >= 15 is 0 Å². The summed E-state index contributed by atoms with van der Waals surface area (Å²) in [4.78, 5) is 4.39. The summed E-state index contributed by atoms with van der Waals surface area (Å²) in [6, 6.07) is 7.11. The smallest absolute Gasteiger partial charge is 0.124 e. The molecule has 0 aliphatic carbocycles. The maximum atomic E-state index is 9.62. The highest BCUT2D eigenvalue weighted by atomic mass is 16.3. The van der Waals surface area contributed by atoms with Crippen molar-refractivity contribution in [3.05, 3.63) is 41.2 Å². The van der Waals surface area contributed by atoms with Crippen LogP contribution in [-0.4, -0.2) is 21.1 Å². The predicted octanol–water partition coefficient (Wildman–Crippen LogP) is 2.49. The molecule has 4 nitrogen and oxygen atoms in total. The molecule has 0 atom stereocenters. The van der Waals surface area contributed by atoms with E-state index in [2.05, 4.69) is 10.1 Å². The first kappa shape index (κ1) is 11.4. The number of rotatable bonds is 2. The van der Waals surface area contributed by atoms with E-state index in [9.17, 15) is 5.11 Å². The van der Waals surface area contributed by atoms with Gasteiger partial charge in [0.25, 0.3) is 0 Å². The molecule has 0 aliphatic heterocycles. The number of benzene rings is 1. The summed E-state index contributed by atoms with van der Waals surface area (Å²) in [6.07, 6.45) is 1.66. The zero-order valence-corrected chi connectivity index (χ0v) is 10.2. The molecule has 1 N–H and O–H groups in total. The van der Waals surface area contributed by atoms with Gasteiger partial charge in [-0.15, -0.1) is 0 Å². The van der Waals surface area contributed by atoms with Gasteiger partial charge in [-0.2, -0.15) is 5.10 Å². The van der Waals surface area contributed by atoms with Crippen LogP contribution < -0.4 is 0 Å². The van der Waals surface area contributed by atoms with Crippen molar-refractivity contribution in [3.63, 3.8) is 0 Å². The Hall–Kier alpha value is -2.10. The van der Waals surface area contributed by atoms with Crippen LogP contribution in [0.15, 0.2) is 29.3 Å². The number of aromatic nitrogens is 2. The summed E-state index contributed by atoms with van der Waals surface area (Å²) in [7, 11) is 1.89. The number of nitrogens with zero attached hydrogens (tertiary/aromatic N) is 3. The lowest BCUT2D eigenvalue weighted by atomic mass is 10.2. The van der Waals surface area contributed by atoms with Crippen LogP contribution in [0.25, 0.3) is 0 Å². The van der Waals surface area contributed by atoms with Gasteiger partial charge in [-0.3, -0.25) is 9.67 Å². The minimum Gasteiger partial charge on any atom is -0.507 e. The third kappa shape index (κ3) is 2.20. The van der Waals surface area contributed by atoms with Crippen molar-refractivity contribution in [2.24, 2.45) is 12.0 Å². The lowest BCUT2D eigenvalue weighted by Crippen LogP contribution is -1.91. The Morgan fingerprint density at radius 2 is 2.00 bits per heavy atom. The number of phenols is 1. The van der Waals surface area contributed by atoms with Gasteiger partial charge in [-0.25, -0.2) is 0 Å². The van der Waals surface area contributed by atoms with Crippen molar-refractivity contribution < 1.29 is 5.11 Å². The first-order valence-electron chi connectivity index (χ1n) is 5.42. The summed E-state index contributed by atoms with van der Waals surface area (Å²) in [6.45, 7) is 3.89. The fourth-order valence-corrected chi connectivity index (χ4v) is 1.68. The maximum Gasteiger partial charge on any atom is 0.124 e. The zero-order valence-electron chi connectivity index (χ0n) is 10.2. The fraction of sp³-hybridized carbons (Fsp3) is 0.231. The molecule has 0 radical (unpaired) electrons. The largest absolute Gasteiger partial charge is 0.507 e. The summed E-state index contributed by atoms with van der Waals surface area (Å²) in [5.74, 6) is 0.232. The van der Waals surface area contributed by atoms with Crippen LogP contribution in [0, 0.1) is 13.8 Å². The van der Waals surface area contributed by atoms with Gasteiger partial charge in [0.1, 0.15) is 11.4 Å². The lowest BCUT2D eigenvalue weighted by molar-refractivity contribution is 0.474. The van der Waals surface area contributed by atoms with Crippen LogP contribution in [0.5, 0.6) is 5.75 Å². The van der Waals surface area contributed by atoms with E-state index in [1.807, 2.05) is 33.0 Å². The first-order valence-corrected chi connectivity index (χ1v) is 5.42. The van der Waals surface area contributed by atoms with Crippen LogP contribution in [0.1, 0.15) is 17.0 Å². The molecule has 0 unspecified atom stereocenters. The van der Waals surface area contributed by atoms with Crippen LogP contribution in [0.4, 0.5) is 5.69 Å². The Balaban J connectivity index is 2.36. The number of hydrogen-bond acceptors (Lipinski definition) is 3. The molecule has 17 heavy (non-hydrogen) atoms. The monoisotopic (exact) mass is 229 g/mol. The van der Waals surface area contributed by atoms with Crippen LogP contribution in [-0.2, 0) is 7.05 Å². The molecular formula is C13H15N3O. The summed E-state index contributed by atoms with van der Waals surface area (Å²) in [5.41, 5.74) is 3.46. The van der Waals surface area contributed by atoms with E-state index < -0.39 is 0 Å². The quantitative estimate of drug-likeness (QED) is 0.804. The SMILES string of the molecule is Cc1nn(C)c(C)c1N=Cc1ccccc1O. The van der Waals surface area contributed by atoms with Gasteiger partial charge in [-0.05, 0) is 26.0 Å². The summed E-state index contributed by atoms with van der Waals surface area (Å²) >= 11 is 0. The first-order chi connectivity index (χ1) is 8.09. The van der Waals surface area contributed by atoms with Gasteiger partial charge >= 0.3 is 0 Å². The third-order valence-corrected chi connectivity index (χ3v) is 2.74. The molecule has 1 aromatic carbocycles. The van der Waals surface area contributed by atoms with Crippen molar-refractivity contribution in [1.29, 1.82) is 0 Å². The van der Waals surface area contributed by atoms with Gasteiger partial charge in [0.2, 0.25) is 0 Å². The average Bonchev–Trinajstić information content (AvgIpc) is 2.53. The summed E-state index contributed by atoms with van der Waals surface area (Å²) < 4.78 is 1.80. The molecule has 88 valence electrons. The number of para-hydroxylation sites is 1. The molecule has 0 saturated carbocycles. The average molecular weight is 229 g/mol. The van der Waals surface area contributed by atoms with Crippen molar-refractivity contribution >= 4 is 11.9 Å². The molecule has 1 heterocycles. The Labute approximate surface area is 100 Å². The summed E-state index contributed by atoms with van der Waals surface area (Å²) in [5, 5.41) is 13.9. The van der Waals surface area contributed by atoms with Gasteiger partial charge in [0.15, 0.2) is 0 Å². The second-order valence-electron chi connectivity index (χ2n) is 3.96. The molecular weight excluding hydrogens is 214 g/mol. The van der Waals surface area contributed by atoms with E-state index in [4.69, 9.17) is 0 Å². The van der Waals surface area contributed by atoms with Gasteiger partial charge in [-0.1, -0.05) is 12.1 Å². The molecule has 4 heteroatoms. The van der Waals surface area contributed by atoms with Crippen LogP contribution >= 0.6 is 0 Å². The van der Waals surface area contributed by atoms with Crippen molar-refractivity contribution in [1.82, 2.24) is 9.78 Å². The number of aromatic hydroxyl groups is 1. The normalized spacial score (nSPS) is 11.2. The topological polar surface area (TPSA) is 50.4 Å². The highest BCUT2D eigenvalue weighted by molar-refractivity contribution is 5.85. The fourth-order valence-electron chi connectivity index (χ4n) is 1.68.